The van der Waals surface area contributed by atoms with Gasteiger partial charge >= 0.3 is 0 Å². The second-order valence-corrected chi connectivity index (χ2v) is 4.87. The van der Waals surface area contributed by atoms with Gasteiger partial charge in [0.2, 0.25) is 0 Å². The first-order valence-electron chi connectivity index (χ1n) is 6.88. The van der Waals surface area contributed by atoms with Gasteiger partial charge in [-0.2, -0.15) is 0 Å². The van der Waals surface area contributed by atoms with Gasteiger partial charge in [0.15, 0.2) is 0 Å². The van der Waals surface area contributed by atoms with Crippen molar-refractivity contribution in [2.75, 3.05) is 33.4 Å². The average molecular weight is 267 g/mol. The van der Waals surface area contributed by atoms with Crippen LogP contribution in [-0.4, -0.2) is 33.4 Å². The highest BCUT2D eigenvalue weighted by Crippen LogP contribution is 2.36. The van der Waals surface area contributed by atoms with Gasteiger partial charge < -0.3 is 14.8 Å². The average Bonchev–Trinajstić information content (AvgIpc) is 2.48. The van der Waals surface area contributed by atoms with Crippen LogP contribution in [0.2, 0.25) is 0 Å². The maximum Gasteiger partial charge on any atom is 0.132 e. The first-order chi connectivity index (χ1) is 9.33. The van der Waals surface area contributed by atoms with Gasteiger partial charge in [0.1, 0.15) is 18.5 Å². The molecule has 1 aromatic rings. The zero-order valence-electron chi connectivity index (χ0n) is 11.4. The van der Waals surface area contributed by atoms with Crippen molar-refractivity contribution in [3.05, 3.63) is 29.8 Å². The Balaban J connectivity index is 2.04. The zero-order valence-corrected chi connectivity index (χ0v) is 11.4. The van der Waals surface area contributed by atoms with Crippen LogP contribution in [-0.2, 0) is 4.74 Å². The summed E-state index contributed by atoms with van der Waals surface area (Å²) in [5.74, 6) is 0.735. The molecule has 0 amide bonds. The van der Waals surface area contributed by atoms with Gasteiger partial charge in [0, 0.05) is 12.7 Å². The third kappa shape index (κ3) is 3.91. The third-order valence-corrected chi connectivity index (χ3v) is 3.56. The van der Waals surface area contributed by atoms with Crippen molar-refractivity contribution in [2.24, 2.45) is 5.92 Å². The number of hydrogen-bond acceptors (Lipinski definition) is 3. The number of nitrogens with one attached hydrogen (secondary N) is 1. The van der Waals surface area contributed by atoms with Crippen LogP contribution in [0.1, 0.15) is 24.6 Å². The van der Waals surface area contributed by atoms with Gasteiger partial charge in [0.25, 0.3) is 0 Å². The Morgan fingerprint density at radius 3 is 2.74 bits per heavy atom. The monoisotopic (exact) mass is 267 g/mol. The second kappa shape index (κ2) is 7.46. The van der Waals surface area contributed by atoms with Crippen LogP contribution >= 0.6 is 0 Å². The Hall–Kier alpha value is -1.13. The molecule has 1 N–H and O–H groups in total. The van der Waals surface area contributed by atoms with Crippen LogP contribution in [0, 0.1) is 5.92 Å². The number of para-hydroxylation sites is 1. The maximum atomic E-state index is 14.7. The summed E-state index contributed by atoms with van der Waals surface area (Å²) < 4.78 is 25.2. The van der Waals surface area contributed by atoms with Gasteiger partial charge in [-0.15, -0.1) is 0 Å². The number of alkyl halides is 1. The fourth-order valence-electron chi connectivity index (χ4n) is 2.47. The summed E-state index contributed by atoms with van der Waals surface area (Å²) in [6.45, 7) is 2.76. The van der Waals surface area contributed by atoms with Crippen molar-refractivity contribution in [3.63, 3.8) is 0 Å². The summed E-state index contributed by atoms with van der Waals surface area (Å²) in [5.41, 5.74) is 0.672. The summed E-state index contributed by atoms with van der Waals surface area (Å²) in [6.07, 6.45) is 0.821. The molecule has 19 heavy (non-hydrogen) atoms. The zero-order chi connectivity index (χ0) is 13.5. The molecule has 0 spiro atoms. The number of methoxy groups -OCH3 is 1. The molecule has 0 aliphatic carbocycles. The van der Waals surface area contributed by atoms with E-state index in [0.717, 1.165) is 25.9 Å². The Labute approximate surface area is 114 Å². The van der Waals surface area contributed by atoms with Crippen molar-refractivity contribution in [2.45, 2.75) is 19.0 Å². The van der Waals surface area contributed by atoms with Crippen LogP contribution in [0.4, 0.5) is 4.39 Å². The molecule has 1 atom stereocenters. The van der Waals surface area contributed by atoms with E-state index in [1.165, 1.54) is 0 Å². The first kappa shape index (κ1) is 14.3. The lowest BCUT2D eigenvalue weighted by molar-refractivity contribution is 0.140. The minimum Gasteiger partial charge on any atom is -0.491 e. The molecule has 1 heterocycles. The fourth-order valence-corrected chi connectivity index (χ4v) is 2.47. The lowest BCUT2D eigenvalue weighted by atomic mass is 9.89. The van der Waals surface area contributed by atoms with E-state index in [4.69, 9.17) is 9.47 Å². The Bertz CT molecular complexity index is 380. The predicted molar refractivity (Wildman–Crippen MR) is 73.3 cm³/mol. The lowest BCUT2D eigenvalue weighted by Crippen LogP contribution is -2.30. The molecule has 0 aromatic heterocycles. The SMILES string of the molecule is COCCOc1ccccc1C(F)C1CCNCC1. The molecule has 1 saturated heterocycles. The predicted octanol–water partition coefficient (Wildman–Crippen LogP) is 2.72. The number of halogens is 1. The van der Waals surface area contributed by atoms with Gasteiger partial charge in [-0.3, -0.25) is 0 Å². The van der Waals surface area contributed by atoms with Gasteiger partial charge in [0.05, 0.1) is 6.61 Å². The smallest absolute Gasteiger partial charge is 0.132 e. The number of piperidine rings is 1. The van der Waals surface area contributed by atoms with E-state index in [2.05, 4.69) is 5.32 Å². The van der Waals surface area contributed by atoms with E-state index in [9.17, 15) is 4.39 Å². The van der Waals surface area contributed by atoms with Crippen molar-refractivity contribution in [1.29, 1.82) is 0 Å². The standard InChI is InChI=1S/C15H22FNO2/c1-18-10-11-19-14-5-3-2-4-13(14)15(16)12-6-8-17-9-7-12/h2-5,12,15,17H,6-11H2,1H3. The van der Waals surface area contributed by atoms with Crippen LogP contribution in [0.15, 0.2) is 24.3 Å². The highest BCUT2D eigenvalue weighted by molar-refractivity contribution is 5.35. The molecule has 1 aliphatic rings. The molecule has 1 unspecified atom stereocenters. The van der Waals surface area contributed by atoms with E-state index in [1.54, 1.807) is 7.11 Å². The first-order valence-corrected chi connectivity index (χ1v) is 6.88. The third-order valence-electron chi connectivity index (χ3n) is 3.56. The van der Waals surface area contributed by atoms with Gasteiger partial charge in [-0.1, -0.05) is 18.2 Å². The minimum atomic E-state index is -0.944. The minimum absolute atomic E-state index is 0.0911. The Morgan fingerprint density at radius 2 is 2.00 bits per heavy atom. The summed E-state index contributed by atoms with van der Waals surface area (Å²) in [5, 5.41) is 3.26. The number of hydrogen-bond donors (Lipinski definition) is 1. The lowest BCUT2D eigenvalue weighted by Gasteiger charge is -2.27. The molecule has 2 rings (SSSR count). The molecule has 106 valence electrons. The summed E-state index contributed by atoms with van der Waals surface area (Å²) in [7, 11) is 1.63. The normalized spacial score (nSPS) is 18.2. The topological polar surface area (TPSA) is 30.5 Å². The van der Waals surface area contributed by atoms with Crippen LogP contribution < -0.4 is 10.1 Å². The quantitative estimate of drug-likeness (QED) is 0.804. The molecule has 0 bridgehead atoms. The van der Waals surface area contributed by atoms with Crippen LogP contribution in [0.5, 0.6) is 5.75 Å². The van der Waals surface area contributed by atoms with Crippen LogP contribution in [0.3, 0.4) is 0 Å². The molecule has 4 heteroatoms. The molecular formula is C15H22FNO2. The Morgan fingerprint density at radius 1 is 1.26 bits per heavy atom. The maximum absolute atomic E-state index is 14.7. The summed E-state index contributed by atoms with van der Waals surface area (Å²) in [6, 6.07) is 7.40. The number of rotatable bonds is 6. The van der Waals surface area contributed by atoms with Gasteiger partial charge in [-0.25, -0.2) is 4.39 Å². The fraction of sp³-hybridized carbons (Fsp3) is 0.600. The van der Waals surface area contributed by atoms with E-state index in [1.807, 2.05) is 24.3 Å². The summed E-state index contributed by atoms with van der Waals surface area (Å²) in [4.78, 5) is 0. The van der Waals surface area contributed by atoms with Crippen molar-refractivity contribution < 1.29 is 13.9 Å². The largest absolute Gasteiger partial charge is 0.491 e. The van der Waals surface area contributed by atoms with Gasteiger partial charge in [-0.05, 0) is 37.9 Å². The van der Waals surface area contributed by atoms with Crippen molar-refractivity contribution in [3.8, 4) is 5.75 Å². The Kier molecular flexibility index (Phi) is 5.61. The molecule has 0 saturated carbocycles. The highest BCUT2D eigenvalue weighted by atomic mass is 19.1. The molecular weight excluding hydrogens is 245 g/mol. The van der Waals surface area contributed by atoms with E-state index in [-0.39, 0.29) is 5.92 Å². The second-order valence-electron chi connectivity index (χ2n) is 4.87. The van der Waals surface area contributed by atoms with Crippen molar-refractivity contribution in [1.82, 2.24) is 5.32 Å². The van der Waals surface area contributed by atoms with E-state index < -0.39 is 6.17 Å². The number of benzene rings is 1. The molecule has 0 radical (unpaired) electrons. The number of ether oxygens (including phenoxy) is 2. The van der Waals surface area contributed by atoms with Crippen molar-refractivity contribution >= 4 is 0 Å². The van der Waals surface area contributed by atoms with E-state index >= 15 is 0 Å². The summed E-state index contributed by atoms with van der Waals surface area (Å²) >= 11 is 0. The highest BCUT2D eigenvalue weighted by Gasteiger charge is 2.26. The molecule has 1 aliphatic heterocycles. The van der Waals surface area contributed by atoms with E-state index in [0.29, 0.717) is 24.5 Å². The molecule has 1 fully saturated rings. The van der Waals surface area contributed by atoms with Crippen LogP contribution in [0.25, 0.3) is 0 Å². The molecule has 1 aromatic carbocycles. The molecule has 3 nitrogen and oxygen atoms in total.